The molecule has 0 radical (unpaired) electrons. The highest BCUT2D eigenvalue weighted by Crippen LogP contribution is 2.25. The summed E-state index contributed by atoms with van der Waals surface area (Å²) in [5, 5.41) is 3.58. The monoisotopic (exact) mass is 366 g/mol. The molecule has 0 spiro atoms. The third kappa shape index (κ3) is 3.95. The number of carbonyl (C=O) groups excluding carboxylic acids is 1. The first kappa shape index (κ1) is 17.0. The predicted octanol–water partition coefficient (Wildman–Crippen LogP) is 3.18. The minimum Gasteiger partial charge on any atom is -0.378 e. The SMILES string of the molecule is Cc1nc(C(=O)Nc2ccc(Cl)c(Cl)c2)cc(N2CCOCC2)n1. The molecule has 6 nitrogen and oxygen atoms in total. The number of anilines is 2. The molecule has 0 atom stereocenters. The first-order valence-electron chi connectivity index (χ1n) is 7.48. The van der Waals surface area contributed by atoms with Crippen LogP contribution in [-0.4, -0.2) is 42.2 Å². The second kappa shape index (κ2) is 7.34. The topological polar surface area (TPSA) is 67.4 Å². The molecule has 1 saturated heterocycles. The zero-order valence-corrected chi connectivity index (χ0v) is 14.6. The molecular formula is C16H16Cl2N4O2. The van der Waals surface area contributed by atoms with E-state index in [9.17, 15) is 4.79 Å². The van der Waals surface area contributed by atoms with E-state index in [1.807, 2.05) is 0 Å². The molecule has 1 aliphatic rings. The van der Waals surface area contributed by atoms with Crippen molar-refractivity contribution in [3.63, 3.8) is 0 Å². The van der Waals surface area contributed by atoms with Gasteiger partial charge in [-0.3, -0.25) is 4.79 Å². The van der Waals surface area contributed by atoms with Gasteiger partial charge in [-0.1, -0.05) is 23.2 Å². The lowest BCUT2D eigenvalue weighted by atomic mass is 10.3. The van der Waals surface area contributed by atoms with Gasteiger partial charge in [-0.15, -0.1) is 0 Å². The zero-order chi connectivity index (χ0) is 17.1. The van der Waals surface area contributed by atoms with E-state index in [1.54, 1.807) is 31.2 Å². The van der Waals surface area contributed by atoms with Gasteiger partial charge in [0.15, 0.2) is 0 Å². The fourth-order valence-corrected chi connectivity index (χ4v) is 2.69. The Hall–Kier alpha value is -1.89. The summed E-state index contributed by atoms with van der Waals surface area (Å²) in [5.74, 6) is 0.941. The van der Waals surface area contributed by atoms with Crippen molar-refractivity contribution >= 4 is 40.6 Å². The molecule has 1 aliphatic heterocycles. The van der Waals surface area contributed by atoms with E-state index in [0.29, 0.717) is 40.5 Å². The summed E-state index contributed by atoms with van der Waals surface area (Å²) in [5.41, 5.74) is 0.855. The summed E-state index contributed by atoms with van der Waals surface area (Å²) in [4.78, 5) is 23.2. The van der Waals surface area contributed by atoms with Gasteiger partial charge in [0, 0.05) is 24.8 Å². The second-order valence-corrected chi connectivity index (χ2v) is 6.16. The number of nitrogens with zero attached hydrogens (tertiary/aromatic N) is 3. The number of benzene rings is 1. The van der Waals surface area contributed by atoms with Gasteiger partial charge in [0.1, 0.15) is 17.3 Å². The number of ether oxygens (including phenoxy) is 1. The summed E-state index contributed by atoms with van der Waals surface area (Å²) >= 11 is 11.8. The van der Waals surface area contributed by atoms with Gasteiger partial charge >= 0.3 is 0 Å². The molecule has 2 heterocycles. The highest BCUT2D eigenvalue weighted by atomic mass is 35.5. The van der Waals surface area contributed by atoms with E-state index in [1.165, 1.54) is 0 Å². The Morgan fingerprint density at radius 1 is 1.17 bits per heavy atom. The van der Waals surface area contributed by atoms with E-state index in [0.717, 1.165) is 18.9 Å². The molecule has 0 unspecified atom stereocenters. The van der Waals surface area contributed by atoms with Gasteiger partial charge in [0.05, 0.1) is 23.3 Å². The third-order valence-electron chi connectivity index (χ3n) is 3.57. The van der Waals surface area contributed by atoms with Crippen molar-refractivity contribution in [3.8, 4) is 0 Å². The van der Waals surface area contributed by atoms with Gasteiger partial charge in [-0.05, 0) is 25.1 Å². The first-order valence-corrected chi connectivity index (χ1v) is 8.23. The second-order valence-electron chi connectivity index (χ2n) is 5.34. The maximum Gasteiger partial charge on any atom is 0.274 e. The van der Waals surface area contributed by atoms with Crippen molar-refractivity contribution in [2.24, 2.45) is 0 Å². The van der Waals surface area contributed by atoms with E-state index in [4.69, 9.17) is 27.9 Å². The molecule has 1 N–H and O–H groups in total. The number of nitrogens with one attached hydrogen (secondary N) is 1. The Kier molecular flexibility index (Phi) is 5.18. The van der Waals surface area contributed by atoms with Crippen LogP contribution in [0.25, 0.3) is 0 Å². The Morgan fingerprint density at radius 2 is 1.92 bits per heavy atom. The minimum atomic E-state index is -0.326. The lowest BCUT2D eigenvalue weighted by molar-refractivity contribution is 0.102. The first-order chi connectivity index (χ1) is 11.5. The van der Waals surface area contributed by atoms with Crippen LogP contribution in [0.1, 0.15) is 16.3 Å². The third-order valence-corrected chi connectivity index (χ3v) is 4.31. The smallest absolute Gasteiger partial charge is 0.274 e. The van der Waals surface area contributed by atoms with Crippen molar-refractivity contribution in [1.29, 1.82) is 0 Å². The molecule has 0 bridgehead atoms. The summed E-state index contributed by atoms with van der Waals surface area (Å²) in [6, 6.07) is 6.59. The molecule has 126 valence electrons. The molecule has 24 heavy (non-hydrogen) atoms. The maximum absolute atomic E-state index is 12.5. The Labute approximate surface area is 149 Å². The van der Waals surface area contributed by atoms with E-state index in [2.05, 4.69) is 20.2 Å². The predicted molar refractivity (Wildman–Crippen MR) is 94.2 cm³/mol. The number of rotatable bonds is 3. The average Bonchev–Trinajstić information content (AvgIpc) is 2.58. The summed E-state index contributed by atoms with van der Waals surface area (Å²) in [7, 11) is 0. The fourth-order valence-electron chi connectivity index (χ4n) is 2.39. The van der Waals surface area contributed by atoms with Crippen molar-refractivity contribution in [2.75, 3.05) is 36.5 Å². The zero-order valence-electron chi connectivity index (χ0n) is 13.1. The molecule has 1 aromatic heterocycles. The number of morpholine rings is 1. The van der Waals surface area contributed by atoms with Crippen LogP contribution in [0.15, 0.2) is 24.3 Å². The van der Waals surface area contributed by atoms with Crippen LogP contribution in [0, 0.1) is 6.92 Å². The average molecular weight is 367 g/mol. The number of carbonyl (C=O) groups is 1. The number of aryl methyl sites for hydroxylation is 1. The Morgan fingerprint density at radius 3 is 2.62 bits per heavy atom. The summed E-state index contributed by atoms with van der Waals surface area (Å²) in [6.07, 6.45) is 0. The molecule has 1 amide bonds. The van der Waals surface area contributed by atoms with Gasteiger partial charge in [-0.2, -0.15) is 0 Å². The largest absolute Gasteiger partial charge is 0.378 e. The highest BCUT2D eigenvalue weighted by molar-refractivity contribution is 6.42. The normalized spacial score (nSPS) is 14.5. The van der Waals surface area contributed by atoms with Crippen LogP contribution in [0.4, 0.5) is 11.5 Å². The lowest BCUT2D eigenvalue weighted by Crippen LogP contribution is -2.37. The van der Waals surface area contributed by atoms with Crippen molar-refractivity contribution in [3.05, 3.63) is 45.8 Å². The lowest BCUT2D eigenvalue weighted by Gasteiger charge is -2.28. The number of aromatic nitrogens is 2. The molecule has 0 aliphatic carbocycles. The molecular weight excluding hydrogens is 351 g/mol. The number of amides is 1. The van der Waals surface area contributed by atoms with Crippen LogP contribution < -0.4 is 10.2 Å². The van der Waals surface area contributed by atoms with E-state index in [-0.39, 0.29) is 5.91 Å². The van der Waals surface area contributed by atoms with Crippen LogP contribution >= 0.6 is 23.2 Å². The standard InChI is InChI=1S/C16H16Cl2N4O2/c1-10-19-14(9-15(20-10)22-4-6-24-7-5-22)16(23)21-11-2-3-12(17)13(18)8-11/h2-3,8-9H,4-7H2,1H3,(H,21,23). The summed E-state index contributed by atoms with van der Waals surface area (Å²) in [6.45, 7) is 4.54. The molecule has 2 aromatic rings. The number of halogens is 2. The Bertz CT molecular complexity index is 764. The Balaban J connectivity index is 1.81. The fraction of sp³-hybridized carbons (Fsp3) is 0.312. The van der Waals surface area contributed by atoms with E-state index < -0.39 is 0 Å². The van der Waals surface area contributed by atoms with Crippen molar-refractivity contribution < 1.29 is 9.53 Å². The van der Waals surface area contributed by atoms with Crippen LogP contribution in [0.2, 0.25) is 10.0 Å². The highest BCUT2D eigenvalue weighted by Gasteiger charge is 2.17. The molecule has 3 rings (SSSR count). The number of hydrogen-bond acceptors (Lipinski definition) is 5. The summed E-state index contributed by atoms with van der Waals surface area (Å²) < 4.78 is 5.34. The van der Waals surface area contributed by atoms with E-state index >= 15 is 0 Å². The van der Waals surface area contributed by atoms with Crippen LogP contribution in [0.3, 0.4) is 0 Å². The van der Waals surface area contributed by atoms with Gasteiger partial charge in [-0.25, -0.2) is 9.97 Å². The van der Waals surface area contributed by atoms with Crippen LogP contribution in [0.5, 0.6) is 0 Å². The minimum absolute atomic E-state index is 0.301. The van der Waals surface area contributed by atoms with Gasteiger partial charge in [0.25, 0.3) is 5.91 Å². The van der Waals surface area contributed by atoms with Gasteiger partial charge < -0.3 is 15.0 Å². The van der Waals surface area contributed by atoms with Crippen molar-refractivity contribution in [2.45, 2.75) is 6.92 Å². The number of hydrogen-bond donors (Lipinski definition) is 1. The van der Waals surface area contributed by atoms with Crippen LogP contribution in [-0.2, 0) is 4.74 Å². The molecule has 1 fully saturated rings. The van der Waals surface area contributed by atoms with Crippen molar-refractivity contribution in [1.82, 2.24) is 9.97 Å². The quantitative estimate of drug-likeness (QED) is 0.903. The maximum atomic E-state index is 12.5. The molecule has 1 aromatic carbocycles. The molecule has 8 heteroatoms. The molecule has 0 saturated carbocycles. The van der Waals surface area contributed by atoms with Gasteiger partial charge in [0.2, 0.25) is 0 Å².